The molecule has 9 heteroatoms. The minimum absolute atomic E-state index is 0.255. The van der Waals surface area contributed by atoms with E-state index in [0.717, 1.165) is 16.5 Å². The Kier molecular flexibility index (Phi) is 5.26. The lowest BCUT2D eigenvalue weighted by Gasteiger charge is -2.26. The highest BCUT2D eigenvalue weighted by Gasteiger charge is 2.26. The lowest BCUT2D eigenvalue weighted by molar-refractivity contribution is 0.0730. The number of hydrogen-bond acceptors (Lipinski definition) is 7. The zero-order valence-corrected chi connectivity index (χ0v) is 16.0. The molecule has 0 radical (unpaired) electrons. The van der Waals surface area contributed by atoms with E-state index < -0.39 is 10.0 Å². The van der Waals surface area contributed by atoms with Gasteiger partial charge >= 0.3 is 0 Å². The van der Waals surface area contributed by atoms with Crippen LogP contribution < -0.4 is 4.74 Å². The Labute approximate surface area is 161 Å². The third-order valence-corrected chi connectivity index (χ3v) is 6.92. The first kappa shape index (κ1) is 18.2. The zero-order valence-electron chi connectivity index (χ0n) is 14.4. The number of hydrogen-bond donors (Lipinski definition) is 0. The summed E-state index contributed by atoms with van der Waals surface area (Å²) in [6.45, 7) is 1.90. The van der Waals surface area contributed by atoms with E-state index >= 15 is 0 Å². The molecule has 0 N–H and O–H groups in total. The molecule has 0 aliphatic carbocycles. The van der Waals surface area contributed by atoms with Crippen molar-refractivity contribution < 1.29 is 22.3 Å². The first-order valence-corrected chi connectivity index (χ1v) is 10.7. The van der Waals surface area contributed by atoms with Gasteiger partial charge in [-0.05, 0) is 36.4 Å². The van der Waals surface area contributed by atoms with Gasteiger partial charge in [0.05, 0.1) is 30.1 Å². The van der Waals surface area contributed by atoms with Gasteiger partial charge in [-0.3, -0.25) is 0 Å². The van der Waals surface area contributed by atoms with Crippen molar-refractivity contribution >= 4 is 21.4 Å². The first-order chi connectivity index (χ1) is 13.1. The molecule has 7 nitrogen and oxygen atoms in total. The Morgan fingerprint density at radius 1 is 1.15 bits per heavy atom. The number of nitrogens with zero attached hydrogens (tertiary/aromatic N) is 2. The van der Waals surface area contributed by atoms with Gasteiger partial charge in [-0.25, -0.2) is 13.4 Å². The van der Waals surface area contributed by atoms with Gasteiger partial charge in [0.1, 0.15) is 12.4 Å². The maximum absolute atomic E-state index is 12.6. The van der Waals surface area contributed by atoms with Crippen LogP contribution in [0.25, 0.3) is 10.8 Å². The van der Waals surface area contributed by atoms with Crippen molar-refractivity contribution in [2.24, 2.45) is 0 Å². The molecule has 1 aliphatic heterocycles. The number of thiazole rings is 1. The summed E-state index contributed by atoms with van der Waals surface area (Å²) in [6.07, 6.45) is 1.61. The van der Waals surface area contributed by atoms with E-state index in [4.69, 9.17) is 13.9 Å². The van der Waals surface area contributed by atoms with Crippen molar-refractivity contribution in [3.8, 4) is 16.5 Å². The molecule has 2 aromatic heterocycles. The van der Waals surface area contributed by atoms with Gasteiger partial charge < -0.3 is 13.9 Å². The second-order valence-electron chi connectivity index (χ2n) is 5.90. The molecular formula is C18H18N2O5S2. The Balaban J connectivity index is 1.39. The highest BCUT2D eigenvalue weighted by Crippen LogP contribution is 2.25. The number of aromatic nitrogens is 1. The van der Waals surface area contributed by atoms with E-state index in [1.165, 1.54) is 15.6 Å². The molecule has 0 spiro atoms. The highest BCUT2D eigenvalue weighted by atomic mass is 32.2. The fourth-order valence-corrected chi connectivity index (χ4v) is 4.87. The van der Waals surface area contributed by atoms with E-state index in [1.54, 1.807) is 30.5 Å². The molecular weight excluding hydrogens is 388 g/mol. The van der Waals surface area contributed by atoms with Crippen LogP contribution in [-0.4, -0.2) is 44.0 Å². The van der Waals surface area contributed by atoms with Crippen molar-refractivity contribution in [2.75, 3.05) is 26.3 Å². The molecule has 1 aromatic carbocycles. The van der Waals surface area contributed by atoms with Crippen LogP contribution in [0.5, 0.6) is 5.75 Å². The summed E-state index contributed by atoms with van der Waals surface area (Å²) in [6, 6.07) is 10.1. The number of ether oxygens (including phenoxy) is 2. The quantitative estimate of drug-likeness (QED) is 0.626. The van der Waals surface area contributed by atoms with Crippen molar-refractivity contribution in [3.05, 3.63) is 53.7 Å². The number of morpholine rings is 1. The summed E-state index contributed by atoms with van der Waals surface area (Å²) in [5.41, 5.74) is 0.788. The van der Waals surface area contributed by atoms with Crippen molar-refractivity contribution in [1.82, 2.24) is 9.29 Å². The normalized spacial score (nSPS) is 15.7. The summed E-state index contributed by atoms with van der Waals surface area (Å²) in [5.74, 6) is 1.31. The van der Waals surface area contributed by atoms with Gasteiger partial charge in [0, 0.05) is 18.5 Å². The van der Waals surface area contributed by atoms with E-state index in [0.29, 0.717) is 38.7 Å². The van der Waals surface area contributed by atoms with Gasteiger partial charge in [-0.1, -0.05) is 0 Å². The average molecular weight is 406 g/mol. The number of rotatable bonds is 6. The minimum Gasteiger partial charge on any atom is -0.487 e. The first-order valence-electron chi connectivity index (χ1n) is 8.42. The summed E-state index contributed by atoms with van der Waals surface area (Å²) in [5, 5.41) is 2.71. The molecule has 142 valence electrons. The van der Waals surface area contributed by atoms with Crippen LogP contribution in [-0.2, 0) is 21.4 Å². The Hall–Kier alpha value is -2.20. The van der Waals surface area contributed by atoms with Crippen LogP contribution >= 0.6 is 11.3 Å². The van der Waals surface area contributed by atoms with Gasteiger partial charge in [-0.2, -0.15) is 4.31 Å². The van der Waals surface area contributed by atoms with Gasteiger partial charge in [0.2, 0.25) is 10.0 Å². The van der Waals surface area contributed by atoms with E-state index in [-0.39, 0.29) is 4.90 Å². The summed E-state index contributed by atoms with van der Waals surface area (Å²) < 4.78 is 42.9. The molecule has 0 amide bonds. The van der Waals surface area contributed by atoms with Gasteiger partial charge in [-0.15, -0.1) is 11.3 Å². The van der Waals surface area contributed by atoms with Crippen molar-refractivity contribution in [1.29, 1.82) is 0 Å². The Morgan fingerprint density at radius 2 is 1.93 bits per heavy atom. The molecule has 4 rings (SSSR count). The second-order valence-corrected chi connectivity index (χ2v) is 8.69. The van der Waals surface area contributed by atoms with Crippen LogP contribution in [0.3, 0.4) is 0 Å². The van der Waals surface area contributed by atoms with Gasteiger partial charge in [0.25, 0.3) is 0 Å². The molecule has 0 saturated carbocycles. The third kappa shape index (κ3) is 4.06. The predicted octanol–water partition coefficient (Wildman–Crippen LogP) is 3.00. The fraction of sp³-hybridized carbons (Fsp3) is 0.278. The standard InChI is InChI=1S/C18H18N2O5S2/c21-27(22,20-7-10-23-11-8-20)16-5-3-15(4-6-16)25-12-14-13-26-18(19-14)17-2-1-9-24-17/h1-6,9,13H,7-8,10-12H2. The molecule has 1 fully saturated rings. The minimum atomic E-state index is -3.49. The highest BCUT2D eigenvalue weighted by molar-refractivity contribution is 7.89. The lowest BCUT2D eigenvalue weighted by Crippen LogP contribution is -2.40. The average Bonchev–Trinajstić information content (AvgIpc) is 3.39. The van der Waals surface area contributed by atoms with E-state index in [2.05, 4.69) is 4.98 Å². The van der Waals surface area contributed by atoms with Crippen LogP contribution in [0.15, 0.2) is 57.4 Å². The molecule has 3 heterocycles. The van der Waals surface area contributed by atoms with Crippen molar-refractivity contribution in [3.63, 3.8) is 0 Å². The lowest BCUT2D eigenvalue weighted by atomic mass is 10.3. The SMILES string of the molecule is O=S(=O)(c1ccc(OCc2csc(-c3ccco3)n2)cc1)N1CCOCC1. The molecule has 27 heavy (non-hydrogen) atoms. The molecule has 3 aromatic rings. The maximum atomic E-state index is 12.6. The Morgan fingerprint density at radius 3 is 2.63 bits per heavy atom. The van der Waals surface area contributed by atoms with Crippen molar-refractivity contribution in [2.45, 2.75) is 11.5 Å². The molecule has 1 aliphatic rings. The maximum Gasteiger partial charge on any atom is 0.243 e. The smallest absolute Gasteiger partial charge is 0.243 e. The molecule has 0 atom stereocenters. The van der Waals surface area contributed by atoms with Crippen LogP contribution in [0, 0.1) is 0 Å². The second kappa shape index (κ2) is 7.81. The summed E-state index contributed by atoms with van der Waals surface area (Å²) >= 11 is 1.48. The Bertz CT molecular complexity index is 975. The fourth-order valence-electron chi connectivity index (χ4n) is 2.69. The monoisotopic (exact) mass is 406 g/mol. The summed E-state index contributed by atoms with van der Waals surface area (Å²) in [4.78, 5) is 4.73. The van der Waals surface area contributed by atoms with Gasteiger partial charge in [0.15, 0.2) is 10.8 Å². The number of sulfonamides is 1. The zero-order chi connectivity index (χ0) is 18.7. The number of benzene rings is 1. The largest absolute Gasteiger partial charge is 0.487 e. The molecule has 0 bridgehead atoms. The van der Waals surface area contributed by atoms with E-state index in [1.807, 2.05) is 17.5 Å². The van der Waals surface area contributed by atoms with Crippen LogP contribution in [0.2, 0.25) is 0 Å². The van der Waals surface area contributed by atoms with E-state index in [9.17, 15) is 8.42 Å². The molecule has 1 saturated heterocycles. The summed E-state index contributed by atoms with van der Waals surface area (Å²) in [7, 11) is -3.49. The van der Waals surface area contributed by atoms with Crippen LogP contribution in [0.4, 0.5) is 0 Å². The van der Waals surface area contributed by atoms with Crippen LogP contribution in [0.1, 0.15) is 5.69 Å². The topological polar surface area (TPSA) is 81.9 Å². The number of furan rings is 1. The molecule has 0 unspecified atom stereocenters. The third-order valence-electron chi connectivity index (χ3n) is 4.10. The predicted molar refractivity (Wildman–Crippen MR) is 100 cm³/mol.